The van der Waals surface area contributed by atoms with Crippen LogP contribution in [0, 0.1) is 0 Å². The number of aromatic nitrogens is 1. The molecule has 1 aliphatic rings. The first-order valence-electron chi connectivity index (χ1n) is 8.46. The molecule has 1 aromatic heterocycles. The lowest BCUT2D eigenvalue weighted by Gasteiger charge is -2.29. The van der Waals surface area contributed by atoms with Crippen molar-refractivity contribution in [2.45, 2.75) is 33.1 Å². The van der Waals surface area contributed by atoms with E-state index < -0.39 is 0 Å². The van der Waals surface area contributed by atoms with Crippen molar-refractivity contribution in [3.63, 3.8) is 0 Å². The molecule has 0 atom stereocenters. The first-order chi connectivity index (χ1) is 10.8. The van der Waals surface area contributed by atoms with E-state index in [0.29, 0.717) is 12.1 Å². The molecule has 0 saturated carbocycles. The van der Waals surface area contributed by atoms with E-state index in [1.807, 2.05) is 12.1 Å². The van der Waals surface area contributed by atoms with E-state index in [-0.39, 0.29) is 5.91 Å². The van der Waals surface area contributed by atoms with Crippen molar-refractivity contribution in [2.75, 3.05) is 44.2 Å². The van der Waals surface area contributed by atoms with Gasteiger partial charge in [0.1, 0.15) is 5.82 Å². The van der Waals surface area contributed by atoms with Crippen LogP contribution in [0.15, 0.2) is 18.3 Å². The molecule has 122 valence electrons. The SMILES string of the molecule is CCN(CC)CCNC(=O)c1cccnc1N1CCCCC1. The van der Waals surface area contributed by atoms with E-state index in [1.165, 1.54) is 19.3 Å². The summed E-state index contributed by atoms with van der Waals surface area (Å²) in [6, 6.07) is 3.72. The summed E-state index contributed by atoms with van der Waals surface area (Å²) in [5.74, 6) is 0.823. The molecule has 0 bridgehead atoms. The number of anilines is 1. The highest BCUT2D eigenvalue weighted by Gasteiger charge is 2.19. The Morgan fingerprint density at radius 3 is 2.68 bits per heavy atom. The molecule has 22 heavy (non-hydrogen) atoms. The van der Waals surface area contributed by atoms with Gasteiger partial charge in [0.15, 0.2) is 0 Å². The van der Waals surface area contributed by atoms with Crippen LogP contribution in [0.25, 0.3) is 0 Å². The lowest BCUT2D eigenvalue weighted by atomic mass is 10.1. The smallest absolute Gasteiger partial charge is 0.255 e. The van der Waals surface area contributed by atoms with Gasteiger partial charge < -0.3 is 15.1 Å². The van der Waals surface area contributed by atoms with Crippen LogP contribution in [0.3, 0.4) is 0 Å². The molecule has 0 unspecified atom stereocenters. The van der Waals surface area contributed by atoms with Gasteiger partial charge in [0.2, 0.25) is 0 Å². The fourth-order valence-electron chi connectivity index (χ4n) is 2.89. The predicted octanol–water partition coefficient (Wildman–Crippen LogP) is 2.14. The van der Waals surface area contributed by atoms with Crippen LogP contribution in [-0.2, 0) is 0 Å². The topological polar surface area (TPSA) is 48.5 Å². The van der Waals surface area contributed by atoms with Crippen molar-refractivity contribution in [1.29, 1.82) is 0 Å². The van der Waals surface area contributed by atoms with Crippen molar-refractivity contribution in [3.8, 4) is 0 Å². The number of likely N-dealkylation sites (N-methyl/N-ethyl adjacent to an activating group) is 1. The number of carbonyl (C=O) groups is 1. The summed E-state index contributed by atoms with van der Waals surface area (Å²) >= 11 is 0. The quantitative estimate of drug-likeness (QED) is 0.838. The molecule has 0 spiro atoms. The van der Waals surface area contributed by atoms with Crippen molar-refractivity contribution in [1.82, 2.24) is 15.2 Å². The number of nitrogens with zero attached hydrogens (tertiary/aromatic N) is 3. The molecule has 0 radical (unpaired) electrons. The molecule has 1 aliphatic heterocycles. The average Bonchev–Trinajstić information content (AvgIpc) is 2.59. The second kappa shape index (κ2) is 8.73. The van der Waals surface area contributed by atoms with Gasteiger partial charge >= 0.3 is 0 Å². The lowest BCUT2D eigenvalue weighted by molar-refractivity contribution is 0.0949. The molecule has 1 N–H and O–H groups in total. The Hall–Kier alpha value is -1.62. The fraction of sp³-hybridized carbons (Fsp3) is 0.647. The number of nitrogens with one attached hydrogen (secondary N) is 1. The van der Waals surface area contributed by atoms with Crippen molar-refractivity contribution < 1.29 is 4.79 Å². The Balaban J connectivity index is 1.97. The average molecular weight is 304 g/mol. The summed E-state index contributed by atoms with van der Waals surface area (Å²) < 4.78 is 0. The maximum atomic E-state index is 12.5. The van der Waals surface area contributed by atoms with Gasteiger partial charge in [0, 0.05) is 32.4 Å². The normalized spacial score (nSPS) is 15.1. The van der Waals surface area contributed by atoms with Crippen LogP contribution < -0.4 is 10.2 Å². The zero-order chi connectivity index (χ0) is 15.8. The van der Waals surface area contributed by atoms with E-state index in [1.54, 1.807) is 6.20 Å². The Morgan fingerprint density at radius 1 is 1.27 bits per heavy atom. The van der Waals surface area contributed by atoms with Crippen LogP contribution in [-0.4, -0.2) is 55.1 Å². The second-order valence-corrected chi connectivity index (χ2v) is 5.71. The lowest BCUT2D eigenvalue weighted by Crippen LogP contribution is -2.36. The Labute approximate surface area is 133 Å². The van der Waals surface area contributed by atoms with Gasteiger partial charge in [0.05, 0.1) is 5.56 Å². The summed E-state index contributed by atoms with van der Waals surface area (Å²) in [7, 11) is 0. The summed E-state index contributed by atoms with van der Waals surface area (Å²) in [6.07, 6.45) is 5.41. The Bertz CT molecular complexity index is 467. The molecule has 2 heterocycles. The van der Waals surface area contributed by atoms with Crippen LogP contribution >= 0.6 is 0 Å². The van der Waals surface area contributed by atoms with E-state index in [2.05, 4.69) is 33.9 Å². The summed E-state index contributed by atoms with van der Waals surface area (Å²) in [4.78, 5) is 21.5. The molecule has 1 fully saturated rings. The van der Waals surface area contributed by atoms with Gasteiger partial charge in [-0.25, -0.2) is 4.98 Å². The number of hydrogen-bond donors (Lipinski definition) is 1. The van der Waals surface area contributed by atoms with Crippen molar-refractivity contribution >= 4 is 11.7 Å². The largest absolute Gasteiger partial charge is 0.356 e. The third kappa shape index (κ3) is 4.44. The number of hydrogen-bond acceptors (Lipinski definition) is 4. The van der Waals surface area contributed by atoms with E-state index >= 15 is 0 Å². The predicted molar refractivity (Wildman–Crippen MR) is 90.4 cm³/mol. The number of piperidine rings is 1. The number of pyridine rings is 1. The molecule has 2 rings (SSSR count). The number of carbonyl (C=O) groups excluding carboxylic acids is 1. The Kier molecular flexibility index (Phi) is 6.65. The highest BCUT2D eigenvalue weighted by molar-refractivity contribution is 5.98. The van der Waals surface area contributed by atoms with Gasteiger partial charge in [-0.05, 0) is 44.5 Å². The zero-order valence-electron chi connectivity index (χ0n) is 13.8. The van der Waals surface area contributed by atoms with Gasteiger partial charge in [0.25, 0.3) is 5.91 Å². The van der Waals surface area contributed by atoms with Crippen molar-refractivity contribution in [2.24, 2.45) is 0 Å². The maximum Gasteiger partial charge on any atom is 0.255 e. The van der Waals surface area contributed by atoms with Gasteiger partial charge in [-0.3, -0.25) is 4.79 Å². The number of rotatable bonds is 7. The highest BCUT2D eigenvalue weighted by atomic mass is 16.1. The van der Waals surface area contributed by atoms with E-state index in [4.69, 9.17) is 0 Å². The molecule has 1 saturated heterocycles. The summed E-state index contributed by atoms with van der Waals surface area (Å²) in [6.45, 7) is 9.86. The molecule has 5 heteroatoms. The highest BCUT2D eigenvalue weighted by Crippen LogP contribution is 2.21. The van der Waals surface area contributed by atoms with Crippen LogP contribution in [0.5, 0.6) is 0 Å². The molecular weight excluding hydrogens is 276 g/mol. The van der Waals surface area contributed by atoms with E-state index in [0.717, 1.165) is 38.5 Å². The third-order valence-electron chi connectivity index (χ3n) is 4.29. The summed E-state index contributed by atoms with van der Waals surface area (Å²) in [5, 5.41) is 3.03. The second-order valence-electron chi connectivity index (χ2n) is 5.71. The molecule has 1 amide bonds. The molecule has 1 aromatic rings. The third-order valence-corrected chi connectivity index (χ3v) is 4.29. The van der Waals surface area contributed by atoms with Gasteiger partial charge in [-0.1, -0.05) is 13.8 Å². The molecular formula is C17H28N4O. The van der Waals surface area contributed by atoms with Gasteiger partial charge in [-0.15, -0.1) is 0 Å². The van der Waals surface area contributed by atoms with E-state index in [9.17, 15) is 4.79 Å². The minimum Gasteiger partial charge on any atom is -0.356 e. The summed E-state index contributed by atoms with van der Waals surface area (Å²) in [5.41, 5.74) is 0.698. The minimum atomic E-state index is -0.0131. The minimum absolute atomic E-state index is 0.0131. The first-order valence-corrected chi connectivity index (χ1v) is 8.46. The standard InChI is InChI=1S/C17H28N4O/c1-3-20(4-2)14-11-19-17(22)15-9-8-10-18-16(15)21-12-6-5-7-13-21/h8-10H,3-7,11-14H2,1-2H3,(H,19,22). The zero-order valence-corrected chi connectivity index (χ0v) is 13.8. The van der Waals surface area contributed by atoms with Gasteiger partial charge in [-0.2, -0.15) is 0 Å². The fourth-order valence-corrected chi connectivity index (χ4v) is 2.89. The molecule has 0 aromatic carbocycles. The number of amides is 1. The molecule has 0 aliphatic carbocycles. The van der Waals surface area contributed by atoms with Crippen molar-refractivity contribution in [3.05, 3.63) is 23.9 Å². The van der Waals surface area contributed by atoms with Crippen LogP contribution in [0.2, 0.25) is 0 Å². The maximum absolute atomic E-state index is 12.5. The van der Waals surface area contributed by atoms with Crippen LogP contribution in [0.1, 0.15) is 43.5 Å². The first kappa shape index (κ1) is 16.7. The Morgan fingerprint density at radius 2 is 2.00 bits per heavy atom. The molecule has 5 nitrogen and oxygen atoms in total. The monoisotopic (exact) mass is 304 g/mol. The van der Waals surface area contributed by atoms with Crippen LogP contribution in [0.4, 0.5) is 5.82 Å².